The minimum absolute atomic E-state index is 0.00802. The lowest BCUT2D eigenvalue weighted by Gasteiger charge is -2.25. The largest absolute Gasteiger partial charge is 0.493 e. The van der Waals surface area contributed by atoms with Gasteiger partial charge in [-0.1, -0.05) is 23.7 Å². The third-order valence-electron chi connectivity index (χ3n) is 7.25. The van der Waals surface area contributed by atoms with Gasteiger partial charge in [0.2, 0.25) is 0 Å². The smallest absolute Gasteiger partial charge is 0.145 e. The zero-order valence-corrected chi connectivity index (χ0v) is 25.8. The Morgan fingerprint density at radius 1 is 1.00 bits per heavy atom. The summed E-state index contributed by atoms with van der Waals surface area (Å²) in [5.41, 5.74) is 2.12. The molecular formula is C33H38ClFN4O5. The topological polar surface area (TPSA) is 87.2 Å². The number of anilines is 2. The number of hydrogen-bond acceptors (Lipinski definition) is 9. The number of fused-ring (bicyclic) bond motifs is 1. The summed E-state index contributed by atoms with van der Waals surface area (Å²) in [5.74, 6) is 2.09. The van der Waals surface area contributed by atoms with Crippen LogP contribution in [-0.2, 0) is 16.1 Å². The molecule has 4 aromatic rings. The first-order valence-electron chi connectivity index (χ1n) is 14.8. The van der Waals surface area contributed by atoms with Crippen molar-refractivity contribution in [3.8, 4) is 17.2 Å². The van der Waals surface area contributed by atoms with E-state index < -0.39 is 0 Å². The Bertz CT molecular complexity index is 1520. The average Bonchev–Trinajstić information content (AvgIpc) is 3.02. The van der Waals surface area contributed by atoms with Gasteiger partial charge in [0, 0.05) is 50.9 Å². The molecule has 3 aromatic carbocycles. The molecule has 1 aliphatic heterocycles. The lowest BCUT2D eigenvalue weighted by atomic mass is 10.1. The highest BCUT2D eigenvalue weighted by molar-refractivity contribution is 6.32. The van der Waals surface area contributed by atoms with Crippen LogP contribution < -0.4 is 19.5 Å². The number of rotatable bonds is 15. The molecule has 0 amide bonds. The zero-order valence-electron chi connectivity index (χ0n) is 25.1. The fourth-order valence-corrected chi connectivity index (χ4v) is 5.11. The summed E-state index contributed by atoms with van der Waals surface area (Å²) in [6.45, 7) is 4.54. The minimum atomic E-state index is -0.311. The molecule has 1 saturated heterocycles. The van der Waals surface area contributed by atoms with Crippen LogP contribution in [0.25, 0.3) is 10.9 Å². The Morgan fingerprint density at radius 2 is 1.86 bits per heavy atom. The van der Waals surface area contributed by atoms with E-state index >= 15 is 0 Å². The molecule has 9 nitrogen and oxygen atoms in total. The predicted octanol–water partition coefficient (Wildman–Crippen LogP) is 6.65. The Kier molecular flexibility index (Phi) is 11.4. The maximum Gasteiger partial charge on any atom is 0.145 e. The van der Waals surface area contributed by atoms with Crippen molar-refractivity contribution in [2.24, 2.45) is 0 Å². The third-order valence-corrected chi connectivity index (χ3v) is 7.54. The molecule has 234 valence electrons. The van der Waals surface area contributed by atoms with Gasteiger partial charge in [0.1, 0.15) is 47.9 Å². The van der Waals surface area contributed by atoms with Crippen LogP contribution in [0.4, 0.5) is 15.9 Å². The van der Waals surface area contributed by atoms with Gasteiger partial charge in [0.05, 0.1) is 42.4 Å². The normalized spacial score (nSPS) is 13.8. The highest BCUT2D eigenvalue weighted by Gasteiger charge is 2.20. The SMILES string of the molecule is COCCN(C)CCCOc1cc(OC2CCOCC2)c2c(Nc3ccc(OCc4cccc(F)c4)c(Cl)c3)ncnc2c1. The Balaban J connectivity index is 1.33. The minimum Gasteiger partial charge on any atom is -0.493 e. The van der Waals surface area contributed by atoms with Crippen molar-refractivity contribution in [2.45, 2.75) is 32.0 Å². The van der Waals surface area contributed by atoms with Gasteiger partial charge < -0.3 is 33.9 Å². The number of methoxy groups -OCH3 is 1. The van der Waals surface area contributed by atoms with Crippen molar-refractivity contribution in [2.75, 3.05) is 59.0 Å². The third kappa shape index (κ3) is 8.92. The van der Waals surface area contributed by atoms with Gasteiger partial charge >= 0.3 is 0 Å². The van der Waals surface area contributed by atoms with Gasteiger partial charge in [-0.05, 0) is 49.4 Å². The van der Waals surface area contributed by atoms with Crippen LogP contribution in [0, 0.1) is 5.82 Å². The second-order valence-electron chi connectivity index (χ2n) is 10.7. The quantitative estimate of drug-likeness (QED) is 0.146. The van der Waals surface area contributed by atoms with Gasteiger partial charge in [0.15, 0.2) is 0 Å². The average molecular weight is 625 g/mol. The van der Waals surface area contributed by atoms with E-state index in [0.29, 0.717) is 71.3 Å². The Hall–Kier alpha value is -3.70. The van der Waals surface area contributed by atoms with E-state index in [1.165, 1.54) is 18.5 Å². The summed E-state index contributed by atoms with van der Waals surface area (Å²) < 4.78 is 42.7. The Labute approximate surface area is 262 Å². The van der Waals surface area contributed by atoms with E-state index in [1.54, 1.807) is 31.4 Å². The molecular weight excluding hydrogens is 587 g/mol. The van der Waals surface area contributed by atoms with Crippen LogP contribution in [0.5, 0.6) is 17.2 Å². The number of likely N-dealkylation sites (N-methyl/N-ethyl adjacent to an activating group) is 1. The molecule has 1 aromatic heterocycles. The number of nitrogens with one attached hydrogen (secondary N) is 1. The van der Waals surface area contributed by atoms with Gasteiger partial charge in [-0.15, -0.1) is 0 Å². The molecule has 0 saturated carbocycles. The summed E-state index contributed by atoms with van der Waals surface area (Å²) >= 11 is 6.56. The van der Waals surface area contributed by atoms with Crippen molar-refractivity contribution < 1.29 is 28.1 Å². The van der Waals surface area contributed by atoms with Crippen LogP contribution >= 0.6 is 11.6 Å². The maximum atomic E-state index is 13.5. The second kappa shape index (κ2) is 15.9. The number of nitrogens with zero attached hydrogens (tertiary/aromatic N) is 3. The summed E-state index contributed by atoms with van der Waals surface area (Å²) in [4.78, 5) is 11.3. The highest BCUT2D eigenvalue weighted by atomic mass is 35.5. The van der Waals surface area contributed by atoms with Crippen LogP contribution in [0.3, 0.4) is 0 Å². The Morgan fingerprint density at radius 3 is 2.66 bits per heavy atom. The van der Waals surface area contributed by atoms with E-state index in [4.69, 9.17) is 35.3 Å². The van der Waals surface area contributed by atoms with E-state index in [-0.39, 0.29) is 18.5 Å². The molecule has 1 N–H and O–H groups in total. The number of ether oxygens (including phenoxy) is 5. The van der Waals surface area contributed by atoms with Gasteiger partial charge in [-0.25, -0.2) is 14.4 Å². The molecule has 2 heterocycles. The van der Waals surface area contributed by atoms with E-state index in [9.17, 15) is 4.39 Å². The predicted molar refractivity (Wildman–Crippen MR) is 169 cm³/mol. The van der Waals surface area contributed by atoms with E-state index in [2.05, 4.69) is 27.2 Å². The zero-order chi connectivity index (χ0) is 30.7. The molecule has 5 rings (SSSR count). The first-order valence-corrected chi connectivity index (χ1v) is 15.1. The molecule has 1 aliphatic rings. The van der Waals surface area contributed by atoms with Crippen LogP contribution in [-0.4, -0.2) is 74.6 Å². The van der Waals surface area contributed by atoms with Crippen molar-refractivity contribution in [3.63, 3.8) is 0 Å². The first kappa shape index (κ1) is 31.7. The van der Waals surface area contributed by atoms with Crippen molar-refractivity contribution >= 4 is 34.0 Å². The van der Waals surface area contributed by atoms with Crippen molar-refractivity contribution in [1.29, 1.82) is 0 Å². The van der Waals surface area contributed by atoms with Crippen molar-refractivity contribution in [3.05, 3.63) is 77.3 Å². The summed E-state index contributed by atoms with van der Waals surface area (Å²) in [6, 6.07) is 15.5. The number of halogens is 2. The van der Waals surface area contributed by atoms with Crippen molar-refractivity contribution in [1.82, 2.24) is 14.9 Å². The van der Waals surface area contributed by atoms with Crippen LogP contribution in [0.1, 0.15) is 24.8 Å². The fourth-order valence-electron chi connectivity index (χ4n) is 4.88. The maximum absolute atomic E-state index is 13.5. The lowest BCUT2D eigenvalue weighted by molar-refractivity contribution is 0.0261. The molecule has 0 unspecified atom stereocenters. The molecule has 11 heteroatoms. The summed E-state index contributed by atoms with van der Waals surface area (Å²) in [7, 11) is 3.78. The number of aromatic nitrogens is 2. The molecule has 0 radical (unpaired) electrons. The van der Waals surface area contributed by atoms with E-state index in [0.717, 1.165) is 37.7 Å². The van der Waals surface area contributed by atoms with Gasteiger partial charge in [-0.2, -0.15) is 0 Å². The van der Waals surface area contributed by atoms with E-state index in [1.807, 2.05) is 18.2 Å². The number of benzene rings is 3. The lowest BCUT2D eigenvalue weighted by Crippen LogP contribution is -2.26. The van der Waals surface area contributed by atoms with Gasteiger partial charge in [0.25, 0.3) is 0 Å². The molecule has 0 atom stereocenters. The standard InChI is InChI=1S/C33H38ClFN4O5/c1-39(12-16-40-2)11-4-13-42-27-19-29-32(31(20-27)44-26-9-14-41-15-10-26)33(37-22-36-29)38-25-7-8-30(28(34)18-25)43-21-23-5-3-6-24(35)17-23/h3,5-8,17-20,22,26H,4,9-16,21H2,1-2H3,(H,36,37,38). The highest BCUT2D eigenvalue weighted by Crippen LogP contribution is 2.38. The number of hydrogen-bond donors (Lipinski definition) is 1. The molecule has 0 bridgehead atoms. The molecule has 0 aliphatic carbocycles. The summed E-state index contributed by atoms with van der Waals surface area (Å²) in [5, 5.41) is 4.53. The van der Waals surface area contributed by atoms with Crippen LogP contribution in [0.2, 0.25) is 5.02 Å². The molecule has 44 heavy (non-hydrogen) atoms. The monoisotopic (exact) mass is 624 g/mol. The van der Waals surface area contributed by atoms with Gasteiger partial charge in [-0.3, -0.25) is 0 Å². The second-order valence-corrected chi connectivity index (χ2v) is 11.1. The fraction of sp³-hybridized carbons (Fsp3) is 0.394. The molecule has 0 spiro atoms. The summed E-state index contributed by atoms with van der Waals surface area (Å²) in [6.07, 6.45) is 3.98. The first-order chi connectivity index (χ1) is 21.5. The molecule has 1 fully saturated rings. The van der Waals surface area contributed by atoms with Crippen LogP contribution in [0.15, 0.2) is 60.9 Å².